The van der Waals surface area contributed by atoms with Crippen LogP contribution in [0.25, 0.3) is 11.3 Å². The first kappa shape index (κ1) is 16.8. The molecule has 128 valence electrons. The summed E-state index contributed by atoms with van der Waals surface area (Å²) < 4.78 is 0. The van der Waals surface area contributed by atoms with Crippen molar-refractivity contribution >= 4 is 5.91 Å². The quantitative estimate of drug-likeness (QED) is 0.644. The number of nitrogens with zero attached hydrogens (tertiary/aromatic N) is 1. The molecule has 1 heterocycles. The average Bonchev–Trinajstić information content (AvgIpc) is 3.12. The number of phenolic OH excluding ortho intramolecular Hbond substituents is 1. The minimum atomic E-state index is -0.214. The van der Waals surface area contributed by atoms with Crippen molar-refractivity contribution in [2.75, 3.05) is 0 Å². The average molecular weight is 335 g/mol. The summed E-state index contributed by atoms with van der Waals surface area (Å²) in [6.45, 7) is 1.89. The standard InChI is InChI=1S/C20H21N3O2/c1-14(20-21-13-17(23-20)15-7-3-2-4-8-15)22-19(25)12-11-16-9-5-6-10-18(16)24/h2-10,13-14,24H,11-12H2,1H3,(H,21,23)(H,22,25)/t14-/m1/s1. The molecule has 1 amide bonds. The van der Waals surface area contributed by atoms with E-state index in [-0.39, 0.29) is 17.7 Å². The predicted molar refractivity (Wildman–Crippen MR) is 97.0 cm³/mol. The zero-order chi connectivity index (χ0) is 17.6. The van der Waals surface area contributed by atoms with E-state index < -0.39 is 0 Å². The summed E-state index contributed by atoms with van der Waals surface area (Å²) >= 11 is 0. The number of hydrogen-bond acceptors (Lipinski definition) is 3. The summed E-state index contributed by atoms with van der Waals surface area (Å²) in [5, 5.41) is 12.7. The van der Waals surface area contributed by atoms with Crippen LogP contribution in [0, 0.1) is 0 Å². The van der Waals surface area contributed by atoms with E-state index in [1.54, 1.807) is 18.3 Å². The van der Waals surface area contributed by atoms with Crippen molar-refractivity contribution in [3.05, 3.63) is 72.2 Å². The molecule has 2 aromatic carbocycles. The second-order valence-corrected chi connectivity index (χ2v) is 5.97. The maximum absolute atomic E-state index is 12.2. The van der Waals surface area contributed by atoms with Gasteiger partial charge in [0.1, 0.15) is 11.6 Å². The summed E-state index contributed by atoms with van der Waals surface area (Å²) in [6, 6.07) is 16.8. The Hall–Kier alpha value is -3.08. The number of nitrogens with one attached hydrogen (secondary N) is 2. The highest BCUT2D eigenvalue weighted by Crippen LogP contribution is 2.20. The number of aromatic hydroxyl groups is 1. The van der Waals surface area contributed by atoms with Gasteiger partial charge in [-0.15, -0.1) is 0 Å². The van der Waals surface area contributed by atoms with Crippen molar-refractivity contribution in [3.8, 4) is 17.0 Å². The first-order valence-corrected chi connectivity index (χ1v) is 8.30. The fraction of sp³-hybridized carbons (Fsp3) is 0.200. The molecule has 0 aliphatic heterocycles. The number of benzene rings is 2. The lowest BCUT2D eigenvalue weighted by Gasteiger charge is -2.12. The molecule has 0 spiro atoms. The lowest BCUT2D eigenvalue weighted by molar-refractivity contribution is -0.121. The van der Waals surface area contributed by atoms with Gasteiger partial charge < -0.3 is 15.4 Å². The molecule has 0 radical (unpaired) electrons. The number of aryl methyl sites for hydroxylation is 1. The summed E-state index contributed by atoms with van der Waals surface area (Å²) in [4.78, 5) is 19.8. The van der Waals surface area contributed by atoms with Gasteiger partial charge in [-0.1, -0.05) is 48.5 Å². The molecule has 0 unspecified atom stereocenters. The topological polar surface area (TPSA) is 78.0 Å². The van der Waals surface area contributed by atoms with Crippen LogP contribution in [-0.4, -0.2) is 21.0 Å². The van der Waals surface area contributed by atoms with E-state index in [4.69, 9.17) is 0 Å². The zero-order valence-corrected chi connectivity index (χ0v) is 14.1. The molecule has 3 rings (SSSR count). The van der Waals surface area contributed by atoms with Crippen molar-refractivity contribution in [3.63, 3.8) is 0 Å². The van der Waals surface area contributed by atoms with E-state index in [1.165, 1.54) is 0 Å². The minimum absolute atomic E-state index is 0.0755. The number of hydrogen-bond donors (Lipinski definition) is 3. The molecular weight excluding hydrogens is 314 g/mol. The molecule has 0 aliphatic carbocycles. The van der Waals surface area contributed by atoms with Gasteiger partial charge in [-0.05, 0) is 30.5 Å². The van der Waals surface area contributed by atoms with Gasteiger partial charge in [0, 0.05) is 6.42 Å². The first-order chi connectivity index (χ1) is 12.1. The van der Waals surface area contributed by atoms with Crippen LogP contribution in [-0.2, 0) is 11.2 Å². The Morgan fingerprint density at radius 1 is 1.16 bits per heavy atom. The van der Waals surface area contributed by atoms with Crippen LogP contribution in [0.2, 0.25) is 0 Å². The van der Waals surface area contributed by atoms with Gasteiger partial charge in [0.2, 0.25) is 5.91 Å². The number of H-pyrrole nitrogens is 1. The highest BCUT2D eigenvalue weighted by molar-refractivity contribution is 5.76. The molecule has 0 saturated heterocycles. The maximum atomic E-state index is 12.2. The van der Waals surface area contributed by atoms with Gasteiger partial charge >= 0.3 is 0 Å². The Balaban J connectivity index is 1.57. The molecule has 1 aromatic heterocycles. The first-order valence-electron chi connectivity index (χ1n) is 8.30. The number of imidazole rings is 1. The second-order valence-electron chi connectivity index (χ2n) is 5.97. The minimum Gasteiger partial charge on any atom is -0.508 e. The molecule has 0 aliphatic rings. The number of phenols is 1. The number of carbonyl (C=O) groups is 1. The number of rotatable bonds is 6. The lowest BCUT2D eigenvalue weighted by Crippen LogP contribution is -2.27. The van der Waals surface area contributed by atoms with Crippen LogP contribution >= 0.6 is 0 Å². The molecule has 3 aromatic rings. The van der Waals surface area contributed by atoms with Crippen LogP contribution in [0.4, 0.5) is 0 Å². The Bertz CT molecular complexity index is 843. The van der Waals surface area contributed by atoms with E-state index >= 15 is 0 Å². The van der Waals surface area contributed by atoms with E-state index in [1.807, 2.05) is 49.4 Å². The molecule has 5 nitrogen and oxygen atoms in total. The normalized spacial score (nSPS) is 11.9. The van der Waals surface area contributed by atoms with E-state index in [0.717, 1.165) is 22.6 Å². The predicted octanol–water partition coefficient (Wildman–Crippen LogP) is 3.59. The monoisotopic (exact) mass is 335 g/mol. The molecule has 25 heavy (non-hydrogen) atoms. The van der Waals surface area contributed by atoms with E-state index in [0.29, 0.717) is 12.8 Å². The van der Waals surface area contributed by atoms with Crippen LogP contribution < -0.4 is 5.32 Å². The smallest absolute Gasteiger partial charge is 0.220 e. The Kier molecular flexibility index (Phi) is 5.14. The summed E-state index contributed by atoms with van der Waals surface area (Å²) in [5.74, 6) is 0.866. The lowest BCUT2D eigenvalue weighted by atomic mass is 10.1. The van der Waals surface area contributed by atoms with Gasteiger partial charge in [0.05, 0.1) is 17.9 Å². The number of amides is 1. The molecule has 0 bridgehead atoms. The fourth-order valence-corrected chi connectivity index (χ4v) is 2.67. The highest BCUT2D eigenvalue weighted by Gasteiger charge is 2.14. The second kappa shape index (κ2) is 7.66. The Labute approximate surface area is 146 Å². The van der Waals surface area contributed by atoms with Crippen LogP contribution in [0.5, 0.6) is 5.75 Å². The number of aromatic amines is 1. The Morgan fingerprint density at radius 3 is 2.64 bits per heavy atom. The zero-order valence-electron chi connectivity index (χ0n) is 14.1. The van der Waals surface area contributed by atoms with Crippen molar-refractivity contribution in [2.24, 2.45) is 0 Å². The summed E-state index contributed by atoms with van der Waals surface area (Å²) in [5.41, 5.74) is 2.75. The van der Waals surface area contributed by atoms with Crippen molar-refractivity contribution in [1.29, 1.82) is 0 Å². The van der Waals surface area contributed by atoms with Crippen molar-refractivity contribution < 1.29 is 9.90 Å². The van der Waals surface area contributed by atoms with Crippen LogP contribution in [0.3, 0.4) is 0 Å². The van der Waals surface area contributed by atoms with Gasteiger partial charge in [-0.25, -0.2) is 4.98 Å². The molecule has 3 N–H and O–H groups in total. The number of carbonyl (C=O) groups excluding carboxylic acids is 1. The van der Waals surface area contributed by atoms with Gasteiger partial charge in [0.25, 0.3) is 0 Å². The third kappa shape index (κ3) is 4.26. The van der Waals surface area contributed by atoms with Crippen molar-refractivity contribution in [2.45, 2.75) is 25.8 Å². The molecule has 1 atom stereocenters. The number of para-hydroxylation sites is 1. The van der Waals surface area contributed by atoms with Gasteiger partial charge in [-0.3, -0.25) is 4.79 Å². The third-order valence-corrected chi connectivity index (χ3v) is 4.08. The number of aromatic nitrogens is 2. The van der Waals surface area contributed by atoms with E-state index in [9.17, 15) is 9.90 Å². The summed E-state index contributed by atoms with van der Waals surface area (Å²) in [6.07, 6.45) is 2.59. The molecule has 0 fully saturated rings. The molecule has 5 heteroatoms. The van der Waals surface area contributed by atoms with Crippen LogP contribution in [0.15, 0.2) is 60.8 Å². The fourth-order valence-electron chi connectivity index (χ4n) is 2.67. The van der Waals surface area contributed by atoms with Crippen molar-refractivity contribution in [1.82, 2.24) is 15.3 Å². The van der Waals surface area contributed by atoms with Gasteiger partial charge in [0.15, 0.2) is 0 Å². The largest absolute Gasteiger partial charge is 0.508 e. The highest BCUT2D eigenvalue weighted by atomic mass is 16.3. The maximum Gasteiger partial charge on any atom is 0.220 e. The Morgan fingerprint density at radius 2 is 1.88 bits per heavy atom. The van der Waals surface area contributed by atoms with Gasteiger partial charge in [-0.2, -0.15) is 0 Å². The third-order valence-electron chi connectivity index (χ3n) is 4.08. The molecule has 0 saturated carbocycles. The summed E-state index contributed by atoms with van der Waals surface area (Å²) in [7, 11) is 0. The van der Waals surface area contributed by atoms with E-state index in [2.05, 4.69) is 15.3 Å². The molecular formula is C20H21N3O2. The van der Waals surface area contributed by atoms with Crippen LogP contribution in [0.1, 0.15) is 30.8 Å². The SMILES string of the molecule is C[C@@H](NC(=O)CCc1ccccc1O)c1ncc(-c2ccccc2)[nH]1.